The number of hydrogen-bond acceptors (Lipinski definition) is 6. The Labute approximate surface area is 169 Å². The molecule has 0 saturated heterocycles. The fraction of sp³-hybridized carbons (Fsp3) is 0.158. The zero-order chi connectivity index (χ0) is 19.9. The molecule has 144 valence electrons. The minimum absolute atomic E-state index is 0.150. The molecule has 0 aliphatic carbocycles. The molecule has 2 amide bonds. The van der Waals surface area contributed by atoms with E-state index in [1.807, 2.05) is 6.07 Å². The van der Waals surface area contributed by atoms with Crippen molar-refractivity contribution in [2.24, 2.45) is 0 Å². The Hall–Kier alpha value is -3.20. The van der Waals surface area contributed by atoms with Gasteiger partial charge in [-0.1, -0.05) is 17.3 Å². The van der Waals surface area contributed by atoms with E-state index < -0.39 is 5.91 Å². The number of halogens is 1. The van der Waals surface area contributed by atoms with Crippen molar-refractivity contribution in [2.75, 3.05) is 20.2 Å². The molecule has 8 nitrogen and oxygen atoms in total. The first-order valence-corrected chi connectivity index (χ1v) is 9.17. The highest BCUT2D eigenvalue weighted by Crippen LogP contribution is 2.19. The predicted octanol–water partition coefficient (Wildman–Crippen LogP) is 2.67. The third-order valence-corrected chi connectivity index (χ3v) is 4.47. The average molecular weight is 445 g/mol. The quantitative estimate of drug-likeness (QED) is 0.542. The SMILES string of the molecule is COc1ccc(-c2noc(C(=O)NCCNC(=O)c3ccccc3Br)n2)cc1. The minimum atomic E-state index is -0.512. The number of carbonyl (C=O) groups is 2. The number of ether oxygens (including phenoxy) is 1. The number of methoxy groups -OCH3 is 1. The van der Waals surface area contributed by atoms with Gasteiger partial charge in [0, 0.05) is 23.1 Å². The van der Waals surface area contributed by atoms with E-state index in [9.17, 15) is 9.59 Å². The van der Waals surface area contributed by atoms with Crippen LogP contribution in [-0.4, -0.2) is 42.2 Å². The fourth-order valence-electron chi connectivity index (χ4n) is 2.34. The van der Waals surface area contributed by atoms with E-state index in [1.54, 1.807) is 49.6 Å². The van der Waals surface area contributed by atoms with Crippen LogP contribution in [0.25, 0.3) is 11.4 Å². The van der Waals surface area contributed by atoms with Gasteiger partial charge in [0.05, 0.1) is 12.7 Å². The average Bonchev–Trinajstić information content (AvgIpc) is 3.21. The van der Waals surface area contributed by atoms with E-state index in [1.165, 1.54) is 0 Å². The second-order valence-electron chi connectivity index (χ2n) is 5.64. The highest BCUT2D eigenvalue weighted by atomic mass is 79.9. The van der Waals surface area contributed by atoms with Crippen molar-refractivity contribution in [2.45, 2.75) is 0 Å². The summed E-state index contributed by atoms with van der Waals surface area (Å²) in [6.07, 6.45) is 0. The first-order chi connectivity index (χ1) is 13.6. The Morgan fingerprint density at radius 2 is 1.71 bits per heavy atom. The minimum Gasteiger partial charge on any atom is -0.497 e. The molecule has 0 aliphatic rings. The number of rotatable bonds is 7. The van der Waals surface area contributed by atoms with E-state index in [0.29, 0.717) is 27.2 Å². The Balaban J connectivity index is 1.49. The Bertz CT molecular complexity index is 972. The number of carbonyl (C=O) groups excluding carboxylic acids is 2. The van der Waals surface area contributed by atoms with Gasteiger partial charge in [-0.2, -0.15) is 4.98 Å². The topological polar surface area (TPSA) is 106 Å². The van der Waals surface area contributed by atoms with Gasteiger partial charge in [0.1, 0.15) is 5.75 Å². The second kappa shape index (κ2) is 9.14. The third-order valence-electron chi connectivity index (χ3n) is 3.78. The van der Waals surface area contributed by atoms with Crippen LogP contribution in [0.3, 0.4) is 0 Å². The molecule has 3 aromatic rings. The fourth-order valence-corrected chi connectivity index (χ4v) is 2.81. The lowest BCUT2D eigenvalue weighted by Crippen LogP contribution is -2.34. The maximum atomic E-state index is 12.1. The van der Waals surface area contributed by atoms with Crippen LogP contribution in [-0.2, 0) is 0 Å². The summed E-state index contributed by atoms with van der Waals surface area (Å²) in [6, 6.07) is 14.1. The molecule has 0 radical (unpaired) electrons. The molecule has 0 fully saturated rings. The lowest BCUT2D eigenvalue weighted by atomic mass is 10.2. The number of hydrogen-bond donors (Lipinski definition) is 2. The Morgan fingerprint density at radius 3 is 2.39 bits per heavy atom. The van der Waals surface area contributed by atoms with E-state index in [-0.39, 0.29) is 24.9 Å². The molecule has 1 aromatic heterocycles. The molecule has 0 aliphatic heterocycles. The lowest BCUT2D eigenvalue weighted by Gasteiger charge is -2.07. The van der Waals surface area contributed by atoms with E-state index >= 15 is 0 Å². The van der Waals surface area contributed by atoms with Crippen molar-refractivity contribution in [3.8, 4) is 17.1 Å². The lowest BCUT2D eigenvalue weighted by molar-refractivity contribution is 0.0898. The summed E-state index contributed by atoms with van der Waals surface area (Å²) in [5, 5.41) is 9.15. The molecule has 2 N–H and O–H groups in total. The van der Waals surface area contributed by atoms with Gasteiger partial charge in [-0.3, -0.25) is 9.59 Å². The molecule has 2 aromatic carbocycles. The van der Waals surface area contributed by atoms with E-state index in [4.69, 9.17) is 9.26 Å². The summed E-state index contributed by atoms with van der Waals surface area (Å²) in [4.78, 5) is 28.3. The highest BCUT2D eigenvalue weighted by molar-refractivity contribution is 9.10. The first-order valence-electron chi connectivity index (χ1n) is 8.37. The molecular formula is C19H17BrN4O4. The molecule has 3 rings (SSSR count). The Kier molecular flexibility index (Phi) is 6.38. The molecule has 0 unspecified atom stereocenters. The van der Waals surface area contributed by atoms with Crippen LogP contribution in [0.4, 0.5) is 0 Å². The monoisotopic (exact) mass is 444 g/mol. The van der Waals surface area contributed by atoms with E-state index in [2.05, 4.69) is 36.7 Å². The first kappa shape index (κ1) is 19.6. The van der Waals surface area contributed by atoms with Gasteiger partial charge in [0.15, 0.2) is 0 Å². The van der Waals surface area contributed by atoms with Crippen LogP contribution < -0.4 is 15.4 Å². The number of benzene rings is 2. The van der Waals surface area contributed by atoms with Gasteiger partial charge < -0.3 is 19.9 Å². The molecule has 1 heterocycles. The van der Waals surface area contributed by atoms with Crippen molar-refractivity contribution in [1.82, 2.24) is 20.8 Å². The van der Waals surface area contributed by atoms with Crippen LogP contribution in [0.15, 0.2) is 57.5 Å². The zero-order valence-electron chi connectivity index (χ0n) is 14.9. The second-order valence-corrected chi connectivity index (χ2v) is 6.50. The molecular weight excluding hydrogens is 428 g/mol. The third kappa shape index (κ3) is 4.74. The maximum absolute atomic E-state index is 12.1. The van der Waals surface area contributed by atoms with E-state index in [0.717, 1.165) is 0 Å². The molecule has 0 atom stereocenters. The smallest absolute Gasteiger partial charge is 0.316 e. The predicted molar refractivity (Wildman–Crippen MR) is 105 cm³/mol. The molecule has 28 heavy (non-hydrogen) atoms. The largest absolute Gasteiger partial charge is 0.497 e. The van der Waals surface area contributed by atoms with Crippen molar-refractivity contribution < 1.29 is 18.8 Å². The van der Waals surface area contributed by atoms with Gasteiger partial charge in [-0.05, 0) is 52.3 Å². The summed E-state index contributed by atoms with van der Waals surface area (Å²) in [7, 11) is 1.58. The van der Waals surface area contributed by atoms with Crippen molar-refractivity contribution in [3.05, 3.63) is 64.5 Å². The Morgan fingerprint density at radius 1 is 1.04 bits per heavy atom. The summed E-state index contributed by atoms with van der Waals surface area (Å²) < 4.78 is 10.8. The van der Waals surface area contributed by atoms with Crippen LogP contribution in [0.1, 0.15) is 21.0 Å². The normalized spacial score (nSPS) is 10.4. The maximum Gasteiger partial charge on any atom is 0.316 e. The number of nitrogens with zero attached hydrogens (tertiary/aromatic N) is 2. The van der Waals surface area contributed by atoms with Gasteiger partial charge >= 0.3 is 11.8 Å². The van der Waals surface area contributed by atoms with Crippen LogP contribution >= 0.6 is 15.9 Å². The van der Waals surface area contributed by atoms with Crippen molar-refractivity contribution in [3.63, 3.8) is 0 Å². The molecule has 9 heteroatoms. The summed E-state index contributed by atoms with van der Waals surface area (Å²) in [5.74, 6) is 0.108. The number of nitrogens with one attached hydrogen (secondary N) is 2. The molecule has 0 spiro atoms. The highest BCUT2D eigenvalue weighted by Gasteiger charge is 2.16. The zero-order valence-corrected chi connectivity index (χ0v) is 16.5. The summed E-state index contributed by atoms with van der Waals surface area (Å²) in [6.45, 7) is 0.473. The van der Waals surface area contributed by atoms with Crippen LogP contribution in [0, 0.1) is 0 Å². The van der Waals surface area contributed by atoms with Gasteiger partial charge in [-0.15, -0.1) is 0 Å². The number of aromatic nitrogens is 2. The van der Waals surface area contributed by atoms with Gasteiger partial charge in [0.2, 0.25) is 5.82 Å². The van der Waals surface area contributed by atoms with Crippen molar-refractivity contribution >= 4 is 27.7 Å². The van der Waals surface area contributed by atoms with Gasteiger partial charge in [-0.25, -0.2) is 0 Å². The van der Waals surface area contributed by atoms with Crippen molar-refractivity contribution in [1.29, 1.82) is 0 Å². The molecule has 0 saturated carbocycles. The van der Waals surface area contributed by atoms with Gasteiger partial charge in [0.25, 0.3) is 5.91 Å². The van der Waals surface area contributed by atoms with Crippen LogP contribution in [0.2, 0.25) is 0 Å². The standard InChI is InChI=1S/C19H17BrN4O4/c1-27-13-8-6-12(7-9-13)16-23-19(28-24-16)18(26)22-11-10-21-17(25)14-4-2-3-5-15(14)20/h2-9H,10-11H2,1H3,(H,21,25)(H,22,26). The van der Waals surface area contributed by atoms with Crippen LogP contribution in [0.5, 0.6) is 5.75 Å². The number of amides is 2. The summed E-state index contributed by atoms with van der Waals surface area (Å²) in [5.41, 5.74) is 1.22. The molecule has 0 bridgehead atoms. The summed E-state index contributed by atoms with van der Waals surface area (Å²) >= 11 is 3.32.